The largest absolute Gasteiger partial charge is 0.493 e. The van der Waals surface area contributed by atoms with E-state index in [2.05, 4.69) is 127 Å². The number of hydrogen-bond acceptors (Lipinski definition) is 18. The maximum Gasteiger partial charge on any atom is 0.273 e. The van der Waals surface area contributed by atoms with Crippen molar-refractivity contribution in [2.45, 2.75) is 124 Å². The summed E-state index contributed by atoms with van der Waals surface area (Å²) in [5, 5.41) is 19.0. The van der Waals surface area contributed by atoms with E-state index in [0.717, 1.165) is 81.8 Å². The number of amides is 10. The van der Waals surface area contributed by atoms with Crippen LogP contribution in [-0.2, 0) is 13.1 Å². The molecular formula is C106H116N10O18. The highest BCUT2D eigenvalue weighted by Crippen LogP contribution is 2.41. The molecule has 0 radical (unpaired) electrons. The van der Waals surface area contributed by atoms with Crippen LogP contribution >= 0.6 is 0 Å². The van der Waals surface area contributed by atoms with Gasteiger partial charge in [-0.2, -0.15) is 0 Å². The second-order valence-corrected chi connectivity index (χ2v) is 36.8. The van der Waals surface area contributed by atoms with Gasteiger partial charge in [0.1, 0.15) is 46.0 Å². The van der Waals surface area contributed by atoms with Gasteiger partial charge in [-0.1, -0.05) is 220 Å². The molecule has 0 saturated carbocycles. The minimum absolute atomic E-state index is 0.00365. The fourth-order valence-corrected chi connectivity index (χ4v) is 14.9. The van der Waals surface area contributed by atoms with E-state index in [1.54, 1.807) is 0 Å². The first-order chi connectivity index (χ1) is 64.1. The van der Waals surface area contributed by atoms with Crippen LogP contribution in [0.25, 0.3) is 64.6 Å². The summed E-state index contributed by atoms with van der Waals surface area (Å²) in [7, 11) is 0. The minimum atomic E-state index is -0.997. The Kier molecular flexibility index (Phi) is 31.3. The van der Waals surface area contributed by atoms with Crippen molar-refractivity contribution in [2.24, 2.45) is 47.3 Å². The van der Waals surface area contributed by atoms with Crippen molar-refractivity contribution in [1.29, 1.82) is 0 Å². The molecule has 13 rings (SSSR count). The first kappa shape index (κ1) is 96.6. The molecule has 10 amide bonds. The van der Waals surface area contributed by atoms with Gasteiger partial charge in [0.15, 0.2) is 0 Å². The molecule has 0 spiro atoms. The Morgan fingerprint density at radius 2 is 0.425 bits per heavy atom. The standard InChI is InChI=1S/C106H116N10O18/c1-57(2)49-127-77-37-73(97(117)109-113-103(123)83-41-81(87(129-51-59(5)6)44-89(83)131-53-61(9)10)101(121)107-47-71-29-27-69-25-23-65-19-17-21-67-31-33-79(71)95(69)93(65)67)35-75(39-77)99(119)111-115-105(125)85-43-86(92(134-56-64(15)16)46-91(85)133-55-63(13)14)106(126)116-112-100(120)76-36-74(38-78(40-76)128-50-58(3)4)98(118)110-114-104(124)84-42-82(88(130-52-60(7)8)45-90(84)132-54-62(11)12)102(122)108-48-72-30-28-70-26-24-66-20-18-22-68-32-34-80(72)96(70)94(66)68/h17-46,57-64H,47-56H2,1-16H3,(H,107,121)(H,108,122)(H,109,117)(H,110,118)(H,111,119)(H,112,120)(H,113,123)(H,114,124)(H,115,125)(H,116,126). The predicted octanol–water partition coefficient (Wildman–Crippen LogP) is 17.9. The van der Waals surface area contributed by atoms with Crippen molar-refractivity contribution in [3.8, 4) is 46.0 Å². The molecule has 0 fully saturated rings. The number of carbonyl (C=O) groups excluding carboxylic acids is 10. The lowest BCUT2D eigenvalue weighted by Gasteiger charge is -2.19. The van der Waals surface area contributed by atoms with Crippen LogP contribution in [0.3, 0.4) is 0 Å². The van der Waals surface area contributed by atoms with Crippen molar-refractivity contribution in [2.75, 3.05) is 52.9 Å². The van der Waals surface area contributed by atoms with Crippen LogP contribution in [0.2, 0.25) is 0 Å². The zero-order valence-electron chi connectivity index (χ0n) is 78.4. The van der Waals surface area contributed by atoms with Crippen molar-refractivity contribution >= 4 is 124 Å². The van der Waals surface area contributed by atoms with Gasteiger partial charge < -0.3 is 48.5 Å². The maximum atomic E-state index is 14.7. The zero-order chi connectivity index (χ0) is 95.9. The molecule has 10 N–H and O–H groups in total. The van der Waals surface area contributed by atoms with Crippen LogP contribution < -0.4 is 91.9 Å². The highest BCUT2D eigenvalue weighted by atomic mass is 16.5. The lowest BCUT2D eigenvalue weighted by atomic mass is 9.92. The van der Waals surface area contributed by atoms with Gasteiger partial charge in [0.2, 0.25) is 0 Å². The molecular weight excluding hydrogens is 1700 g/mol. The number of benzene rings is 13. The van der Waals surface area contributed by atoms with Crippen molar-refractivity contribution < 1.29 is 85.8 Å². The van der Waals surface area contributed by atoms with Crippen LogP contribution in [0, 0.1) is 47.3 Å². The summed E-state index contributed by atoms with van der Waals surface area (Å²) in [6.07, 6.45) is 0. The Balaban J connectivity index is 0.708. The molecule has 134 heavy (non-hydrogen) atoms. The van der Waals surface area contributed by atoms with Crippen molar-refractivity contribution in [3.63, 3.8) is 0 Å². The summed E-state index contributed by atoms with van der Waals surface area (Å²) in [5.41, 5.74) is 19.6. The van der Waals surface area contributed by atoms with E-state index in [1.807, 2.05) is 147 Å². The molecule has 0 heterocycles. The Hall–Kier alpha value is -15.0. The first-order valence-corrected chi connectivity index (χ1v) is 45.3. The third kappa shape index (κ3) is 23.9. The molecule has 13 aromatic carbocycles. The maximum absolute atomic E-state index is 14.7. The summed E-state index contributed by atoms with van der Waals surface area (Å²) in [6, 6.07) is 53.0. The molecule has 28 nitrogen and oxygen atoms in total. The Morgan fingerprint density at radius 1 is 0.216 bits per heavy atom. The predicted molar refractivity (Wildman–Crippen MR) is 517 cm³/mol. The van der Waals surface area contributed by atoms with E-state index in [-0.39, 0.29) is 215 Å². The third-order valence-corrected chi connectivity index (χ3v) is 21.4. The zero-order valence-corrected chi connectivity index (χ0v) is 78.4. The van der Waals surface area contributed by atoms with Crippen LogP contribution in [0.5, 0.6) is 46.0 Å². The second-order valence-electron chi connectivity index (χ2n) is 36.8. The first-order valence-electron chi connectivity index (χ1n) is 45.3. The van der Waals surface area contributed by atoms with Crippen LogP contribution in [0.4, 0.5) is 0 Å². The van der Waals surface area contributed by atoms with E-state index in [1.165, 1.54) is 66.7 Å². The topological polar surface area (TPSA) is 365 Å². The summed E-state index contributed by atoms with van der Waals surface area (Å²) < 4.78 is 49.5. The highest BCUT2D eigenvalue weighted by molar-refractivity contribution is 6.25. The quantitative estimate of drug-likeness (QED) is 0.0127. The molecule has 0 bridgehead atoms. The fraction of sp³-hybridized carbons (Fsp3) is 0.321. The van der Waals surface area contributed by atoms with E-state index in [9.17, 15) is 47.9 Å². The van der Waals surface area contributed by atoms with Gasteiger partial charge in [0.05, 0.1) is 86.2 Å². The number of ether oxygens (including phenoxy) is 8. The Morgan fingerprint density at radius 3 is 0.672 bits per heavy atom. The lowest BCUT2D eigenvalue weighted by Crippen LogP contribution is -2.43. The van der Waals surface area contributed by atoms with Gasteiger partial charge >= 0.3 is 0 Å². The molecule has 0 aliphatic heterocycles. The Bertz CT molecular complexity index is 6160. The SMILES string of the molecule is CC(C)COc1cc(C(=O)NNC(=O)c2cc(C(=O)NCc3ccc4ccc5cccc6ccc3c4c56)c(OCC(C)C)cc2OCC(C)C)cc(C(=O)NNC(=O)c2cc(C(=O)NNC(=O)c3cc(OCC(C)C)cc(C(=O)NNC(=O)c4cc(C(=O)NCc5ccc6ccc7cccc8ccc5c6c78)c(OCC(C)C)cc4OCC(C)C)c3)c(OCC(C)C)cc2OCC(C)C)c1. The molecule has 13 aromatic rings. The minimum Gasteiger partial charge on any atom is -0.493 e. The van der Waals surface area contributed by atoms with Gasteiger partial charge in [-0.05, 0) is 178 Å². The molecule has 28 heteroatoms. The fourth-order valence-electron chi connectivity index (χ4n) is 14.9. The number of carbonyl (C=O) groups is 10. The smallest absolute Gasteiger partial charge is 0.273 e. The molecule has 0 atom stereocenters. The molecule has 698 valence electrons. The van der Waals surface area contributed by atoms with Gasteiger partial charge in [0.25, 0.3) is 59.1 Å². The van der Waals surface area contributed by atoms with Crippen LogP contribution in [0.15, 0.2) is 182 Å². The van der Waals surface area contributed by atoms with E-state index in [4.69, 9.17) is 37.9 Å². The van der Waals surface area contributed by atoms with E-state index >= 15 is 0 Å². The monoisotopic (exact) mass is 1820 g/mol. The average molecular weight is 1820 g/mol. The van der Waals surface area contributed by atoms with Crippen LogP contribution in [-0.4, -0.2) is 112 Å². The number of nitrogens with one attached hydrogen (secondary N) is 10. The molecule has 0 aromatic heterocycles. The number of hydrogen-bond donors (Lipinski definition) is 10. The third-order valence-electron chi connectivity index (χ3n) is 21.4. The average Bonchev–Trinajstić information content (AvgIpc) is 0.742. The van der Waals surface area contributed by atoms with Gasteiger partial charge in [-0.3, -0.25) is 91.4 Å². The summed E-state index contributed by atoms with van der Waals surface area (Å²) in [5.74, 6) is -8.23. The lowest BCUT2D eigenvalue weighted by molar-refractivity contribution is 0.0836. The van der Waals surface area contributed by atoms with Gasteiger partial charge in [0, 0.05) is 53.5 Å². The number of hydrazine groups is 4. The molecule has 0 unspecified atom stereocenters. The van der Waals surface area contributed by atoms with E-state index < -0.39 is 59.1 Å². The van der Waals surface area contributed by atoms with Gasteiger partial charge in [-0.25, -0.2) is 0 Å². The van der Waals surface area contributed by atoms with Crippen LogP contribution in [0.1, 0.15) is 225 Å². The summed E-state index contributed by atoms with van der Waals surface area (Å²) in [6.45, 7) is 32.1. The normalized spacial score (nSPS) is 11.5. The van der Waals surface area contributed by atoms with E-state index in [0.29, 0.717) is 0 Å². The van der Waals surface area contributed by atoms with Crippen molar-refractivity contribution in [3.05, 3.63) is 249 Å². The molecule has 0 aliphatic rings. The Labute approximate surface area is 778 Å². The molecule has 0 aliphatic carbocycles. The second kappa shape index (κ2) is 43.4. The van der Waals surface area contributed by atoms with Crippen molar-refractivity contribution in [1.82, 2.24) is 54.0 Å². The summed E-state index contributed by atoms with van der Waals surface area (Å²) in [4.78, 5) is 146. The highest BCUT2D eigenvalue weighted by Gasteiger charge is 2.30. The summed E-state index contributed by atoms with van der Waals surface area (Å²) >= 11 is 0. The number of rotatable bonds is 38. The van der Waals surface area contributed by atoms with Gasteiger partial charge in [-0.15, -0.1) is 0 Å². The molecule has 0 saturated heterocycles.